The molecule has 0 saturated heterocycles. The number of alkyl halides is 3. The number of aromatic amines is 1. The van der Waals surface area contributed by atoms with Gasteiger partial charge >= 0.3 is 18.1 Å². The summed E-state index contributed by atoms with van der Waals surface area (Å²) in [6, 6.07) is 5.47. The fourth-order valence-corrected chi connectivity index (χ4v) is 3.27. The van der Waals surface area contributed by atoms with Crippen molar-refractivity contribution in [2.75, 3.05) is 20.8 Å². The first-order valence-corrected chi connectivity index (χ1v) is 11.6. The van der Waals surface area contributed by atoms with Gasteiger partial charge in [0.1, 0.15) is 29.6 Å². The van der Waals surface area contributed by atoms with Crippen LogP contribution in [-0.4, -0.2) is 55.5 Å². The Bertz CT molecular complexity index is 1120. The first-order valence-electron chi connectivity index (χ1n) is 11.6. The van der Waals surface area contributed by atoms with Crippen molar-refractivity contribution in [2.45, 2.75) is 59.4 Å². The van der Waals surface area contributed by atoms with E-state index in [1.54, 1.807) is 41.9 Å². The Hall–Kier alpha value is -3.74. The lowest BCUT2D eigenvalue weighted by Crippen LogP contribution is -2.76. The lowest BCUT2D eigenvalue weighted by Gasteiger charge is -2.19. The molecule has 0 amide bonds. The topological polar surface area (TPSA) is 144 Å². The van der Waals surface area contributed by atoms with Gasteiger partial charge in [-0.3, -0.25) is 0 Å². The summed E-state index contributed by atoms with van der Waals surface area (Å²) in [7, 11) is 3.18. The van der Waals surface area contributed by atoms with Crippen molar-refractivity contribution in [1.29, 1.82) is 0 Å². The molecule has 0 aliphatic heterocycles. The van der Waals surface area contributed by atoms with Crippen molar-refractivity contribution >= 4 is 23.6 Å². The molecule has 2 aromatic rings. The molecule has 0 saturated carbocycles. The highest BCUT2D eigenvalue weighted by Crippen LogP contribution is 2.27. The van der Waals surface area contributed by atoms with Gasteiger partial charge in [-0.15, -0.1) is 0 Å². The van der Waals surface area contributed by atoms with Crippen LogP contribution in [0.1, 0.15) is 66.7 Å². The van der Waals surface area contributed by atoms with Crippen LogP contribution >= 0.6 is 0 Å². The number of methoxy groups -OCH3 is 2. The Morgan fingerprint density at radius 1 is 1.03 bits per heavy atom. The third-order valence-electron chi connectivity index (χ3n) is 4.81. The molecule has 38 heavy (non-hydrogen) atoms. The predicted octanol–water partition coefficient (Wildman–Crippen LogP) is 2.42. The van der Waals surface area contributed by atoms with Gasteiger partial charge in [-0.2, -0.15) is 13.2 Å². The molecule has 0 radical (unpaired) electrons. The van der Waals surface area contributed by atoms with Crippen LogP contribution in [-0.2, 0) is 27.2 Å². The summed E-state index contributed by atoms with van der Waals surface area (Å²) in [5.74, 6) is -2.61. The number of nitrogens with one attached hydrogen (secondary N) is 1. The minimum atomic E-state index is -5.19. The molecule has 212 valence electrons. The summed E-state index contributed by atoms with van der Waals surface area (Å²) in [5.41, 5.74) is 1.99. The first kappa shape index (κ1) is 32.3. The Morgan fingerprint density at radius 2 is 1.63 bits per heavy atom. The monoisotopic (exact) mass is 546 g/mol. The van der Waals surface area contributed by atoms with E-state index in [0.29, 0.717) is 41.3 Å². The SMILES string of the molecule is CCOC(=O)c1c(C[NH2+]c2cc(OC)ccc2OC)[nH]c(C(=O)OC(C)(C)C)c1CC.O=C([O-])C(F)(F)F. The van der Waals surface area contributed by atoms with E-state index < -0.39 is 29.7 Å². The number of nitrogens with two attached hydrogens (primary N) is 1. The van der Waals surface area contributed by atoms with E-state index in [-0.39, 0.29) is 12.3 Å². The summed E-state index contributed by atoms with van der Waals surface area (Å²) in [6.07, 6.45) is -4.72. The second-order valence-electron chi connectivity index (χ2n) is 8.71. The van der Waals surface area contributed by atoms with Gasteiger partial charge in [0.2, 0.25) is 0 Å². The number of ether oxygens (including phenoxy) is 4. The number of benzene rings is 1. The summed E-state index contributed by atoms with van der Waals surface area (Å²) in [4.78, 5) is 37.4. The number of hydrogen-bond acceptors (Lipinski definition) is 8. The highest BCUT2D eigenvalue weighted by atomic mass is 19.4. The number of carbonyl (C=O) groups is 3. The van der Waals surface area contributed by atoms with Crippen molar-refractivity contribution in [3.63, 3.8) is 0 Å². The zero-order chi connectivity index (χ0) is 29.3. The van der Waals surface area contributed by atoms with E-state index in [4.69, 9.17) is 28.8 Å². The molecule has 1 heterocycles. The molecule has 0 aliphatic rings. The molecular formula is C25H33F3N2O8. The average Bonchev–Trinajstić information content (AvgIpc) is 3.20. The van der Waals surface area contributed by atoms with E-state index in [1.165, 1.54) is 0 Å². The predicted molar refractivity (Wildman–Crippen MR) is 127 cm³/mol. The minimum absolute atomic E-state index is 0.238. The van der Waals surface area contributed by atoms with E-state index in [1.807, 2.05) is 30.4 Å². The largest absolute Gasteiger partial charge is 0.542 e. The van der Waals surface area contributed by atoms with E-state index >= 15 is 0 Å². The Kier molecular flexibility index (Phi) is 11.6. The molecule has 1 aromatic carbocycles. The van der Waals surface area contributed by atoms with Crippen molar-refractivity contribution in [2.24, 2.45) is 0 Å². The van der Waals surface area contributed by atoms with E-state index in [0.717, 1.165) is 5.69 Å². The van der Waals surface area contributed by atoms with Crippen molar-refractivity contribution in [1.82, 2.24) is 4.98 Å². The molecule has 0 fully saturated rings. The van der Waals surface area contributed by atoms with Crippen LogP contribution in [0.5, 0.6) is 11.5 Å². The van der Waals surface area contributed by atoms with E-state index in [9.17, 15) is 22.8 Å². The van der Waals surface area contributed by atoms with Crippen molar-refractivity contribution in [3.05, 3.63) is 40.7 Å². The maximum atomic E-state index is 12.8. The summed E-state index contributed by atoms with van der Waals surface area (Å²) in [5, 5.41) is 10.7. The van der Waals surface area contributed by atoms with Crippen molar-refractivity contribution in [3.8, 4) is 11.5 Å². The van der Waals surface area contributed by atoms with Gasteiger partial charge in [-0.1, -0.05) is 6.92 Å². The van der Waals surface area contributed by atoms with Crippen LogP contribution in [0.4, 0.5) is 18.9 Å². The number of carboxylic acids is 1. The number of aromatic nitrogens is 1. The molecule has 10 nitrogen and oxygen atoms in total. The molecule has 0 atom stereocenters. The molecule has 0 spiro atoms. The average molecular weight is 547 g/mol. The summed E-state index contributed by atoms with van der Waals surface area (Å²) < 4.78 is 53.1. The number of quaternary nitrogens is 1. The number of hydrogen-bond donors (Lipinski definition) is 2. The van der Waals surface area contributed by atoms with Crippen LogP contribution in [0.15, 0.2) is 18.2 Å². The number of halogens is 3. The Balaban J connectivity index is 0.000000905. The highest BCUT2D eigenvalue weighted by Gasteiger charge is 2.30. The van der Waals surface area contributed by atoms with E-state index in [2.05, 4.69) is 4.98 Å². The van der Waals surface area contributed by atoms with Gasteiger partial charge in [-0.05, 0) is 51.8 Å². The number of esters is 2. The molecule has 2 rings (SSSR count). The van der Waals surface area contributed by atoms with Gasteiger partial charge < -0.3 is 39.1 Å². The third kappa shape index (κ3) is 9.29. The minimum Gasteiger partial charge on any atom is -0.542 e. The Morgan fingerprint density at radius 3 is 2.08 bits per heavy atom. The fraction of sp³-hybridized carbons (Fsp3) is 0.480. The normalized spacial score (nSPS) is 11.2. The standard InChI is InChI=1S/C23H32N2O6.C2HF3O2/c1-8-15-19(21(26)30-9-2)17(25-20(15)22(27)31-23(3,4)5)13-24-16-12-14(28-6)10-11-18(16)29-7;3-2(4,5)1(6)7/h10-12,24-25H,8-9,13H2,1-7H3;(H,6,7). The maximum Gasteiger partial charge on any atom is 0.430 e. The number of H-pyrrole nitrogens is 1. The van der Waals surface area contributed by atoms with Gasteiger partial charge in [0.25, 0.3) is 0 Å². The van der Waals surface area contributed by atoms with Crippen LogP contribution in [0.2, 0.25) is 0 Å². The smallest absolute Gasteiger partial charge is 0.430 e. The number of carboxylic acid groups (broad SMARTS) is 1. The second kappa shape index (κ2) is 13.7. The Labute approximate surface area is 218 Å². The molecule has 0 unspecified atom stereocenters. The molecular weight excluding hydrogens is 513 g/mol. The molecule has 13 heteroatoms. The molecule has 0 bridgehead atoms. The van der Waals surface area contributed by atoms with Crippen LogP contribution in [0.3, 0.4) is 0 Å². The summed E-state index contributed by atoms with van der Waals surface area (Å²) in [6.45, 7) is 9.63. The van der Waals surface area contributed by atoms with Crippen LogP contribution in [0.25, 0.3) is 0 Å². The molecule has 1 aromatic heterocycles. The molecule has 3 N–H and O–H groups in total. The number of aliphatic carboxylic acids is 1. The second-order valence-corrected chi connectivity index (χ2v) is 8.71. The number of carbonyl (C=O) groups excluding carboxylic acids is 3. The van der Waals surface area contributed by atoms with Gasteiger partial charge in [-0.25, -0.2) is 9.59 Å². The summed E-state index contributed by atoms with van der Waals surface area (Å²) >= 11 is 0. The quantitative estimate of drug-likeness (QED) is 0.361. The first-order chi connectivity index (χ1) is 17.6. The van der Waals surface area contributed by atoms with Gasteiger partial charge in [0, 0.05) is 6.07 Å². The highest BCUT2D eigenvalue weighted by molar-refractivity contribution is 5.98. The lowest BCUT2D eigenvalue weighted by molar-refractivity contribution is -0.589. The third-order valence-corrected chi connectivity index (χ3v) is 4.81. The zero-order valence-corrected chi connectivity index (χ0v) is 22.3. The number of rotatable bonds is 9. The zero-order valence-electron chi connectivity index (χ0n) is 22.3. The fourth-order valence-electron chi connectivity index (χ4n) is 3.27. The van der Waals surface area contributed by atoms with Crippen molar-refractivity contribution < 1.29 is 56.9 Å². The van der Waals surface area contributed by atoms with Gasteiger partial charge in [0.05, 0.1) is 32.1 Å². The lowest BCUT2D eigenvalue weighted by atomic mass is 10.1. The molecule has 0 aliphatic carbocycles. The van der Waals surface area contributed by atoms with Crippen LogP contribution in [0, 0.1) is 0 Å². The van der Waals surface area contributed by atoms with Gasteiger partial charge in [0.15, 0.2) is 11.4 Å². The maximum absolute atomic E-state index is 12.8. The van der Waals surface area contributed by atoms with Crippen LogP contribution < -0.4 is 19.9 Å².